The lowest BCUT2D eigenvalue weighted by Gasteiger charge is -2.13. The molecule has 1 unspecified atom stereocenters. The van der Waals surface area contributed by atoms with Gasteiger partial charge in [0.05, 0.1) is 17.4 Å². The highest BCUT2D eigenvalue weighted by atomic mass is 16.1. The lowest BCUT2D eigenvalue weighted by molar-refractivity contribution is -0.117. The van der Waals surface area contributed by atoms with Crippen LogP contribution in [0.2, 0.25) is 0 Å². The summed E-state index contributed by atoms with van der Waals surface area (Å²) in [6.45, 7) is 5.70. The Balaban J connectivity index is 1.88. The number of rotatable bonds is 5. The van der Waals surface area contributed by atoms with Gasteiger partial charge in [-0.15, -0.1) is 0 Å². The first-order chi connectivity index (χ1) is 13.5. The van der Waals surface area contributed by atoms with Gasteiger partial charge in [-0.25, -0.2) is 4.68 Å². The van der Waals surface area contributed by atoms with Crippen molar-refractivity contribution in [2.75, 3.05) is 0 Å². The molecule has 5 nitrogen and oxygen atoms in total. The van der Waals surface area contributed by atoms with Crippen molar-refractivity contribution in [1.29, 1.82) is 5.26 Å². The lowest BCUT2D eigenvalue weighted by Crippen LogP contribution is -2.27. The Kier molecular flexibility index (Phi) is 5.71. The molecule has 0 aliphatic rings. The summed E-state index contributed by atoms with van der Waals surface area (Å²) < 4.78 is 1.82. The third-order valence-electron chi connectivity index (χ3n) is 4.65. The number of carbonyl (C=O) groups is 1. The Morgan fingerprint density at radius 1 is 1.11 bits per heavy atom. The van der Waals surface area contributed by atoms with E-state index >= 15 is 0 Å². The fourth-order valence-corrected chi connectivity index (χ4v) is 3.08. The number of hydrogen-bond acceptors (Lipinski definition) is 3. The number of aromatic nitrogens is 2. The standard InChI is InChI=1S/C23H22N4O/c1-16(19-10-6-4-7-11-19)25-23(28)20(15-24)14-22-17(2)26-27(18(22)3)21-12-8-5-9-13-21/h4-14,16H,1-3H3,(H,25,28)/b20-14+. The summed E-state index contributed by atoms with van der Waals surface area (Å²) in [4.78, 5) is 12.6. The first-order valence-corrected chi connectivity index (χ1v) is 9.10. The van der Waals surface area contributed by atoms with Crippen LogP contribution >= 0.6 is 0 Å². The molecule has 0 spiro atoms. The van der Waals surface area contributed by atoms with E-state index in [4.69, 9.17) is 0 Å². The van der Waals surface area contributed by atoms with Gasteiger partial charge in [-0.1, -0.05) is 48.5 Å². The zero-order valence-corrected chi connectivity index (χ0v) is 16.2. The predicted octanol–water partition coefficient (Wildman–Crippen LogP) is 4.27. The maximum Gasteiger partial charge on any atom is 0.262 e. The van der Waals surface area contributed by atoms with Crippen LogP contribution in [0.3, 0.4) is 0 Å². The Labute approximate surface area is 164 Å². The molecule has 2 aromatic carbocycles. The molecule has 0 fully saturated rings. The largest absolute Gasteiger partial charge is 0.345 e. The molecule has 0 aliphatic heterocycles. The van der Waals surface area contributed by atoms with E-state index in [2.05, 4.69) is 10.4 Å². The summed E-state index contributed by atoms with van der Waals surface area (Å²) in [5.74, 6) is -0.398. The van der Waals surface area contributed by atoms with Crippen LogP contribution in [-0.4, -0.2) is 15.7 Å². The van der Waals surface area contributed by atoms with Crippen molar-refractivity contribution in [3.05, 3.63) is 88.8 Å². The maximum atomic E-state index is 12.6. The van der Waals surface area contributed by atoms with Gasteiger partial charge in [0.1, 0.15) is 11.6 Å². The fourth-order valence-electron chi connectivity index (χ4n) is 3.08. The van der Waals surface area contributed by atoms with Crippen LogP contribution in [0.4, 0.5) is 0 Å². The third-order valence-corrected chi connectivity index (χ3v) is 4.65. The molecule has 3 aromatic rings. The molecule has 0 bridgehead atoms. The number of amides is 1. The van der Waals surface area contributed by atoms with Crippen molar-refractivity contribution >= 4 is 12.0 Å². The quantitative estimate of drug-likeness (QED) is 0.538. The van der Waals surface area contributed by atoms with Gasteiger partial charge in [0, 0.05) is 11.3 Å². The topological polar surface area (TPSA) is 70.7 Å². The van der Waals surface area contributed by atoms with Crippen LogP contribution in [0.5, 0.6) is 0 Å². The van der Waals surface area contributed by atoms with Gasteiger partial charge < -0.3 is 5.32 Å². The van der Waals surface area contributed by atoms with Crippen molar-refractivity contribution in [2.45, 2.75) is 26.8 Å². The SMILES string of the molecule is Cc1nn(-c2ccccc2)c(C)c1/C=C(\C#N)C(=O)NC(C)c1ccccc1. The van der Waals surface area contributed by atoms with Crippen molar-refractivity contribution < 1.29 is 4.79 Å². The normalized spacial score (nSPS) is 12.3. The van der Waals surface area contributed by atoms with Crippen molar-refractivity contribution in [3.63, 3.8) is 0 Å². The number of carbonyl (C=O) groups excluding carboxylic acids is 1. The molecule has 28 heavy (non-hydrogen) atoms. The van der Waals surface area contributed by atoms with E-state index in [1.54, 1.807) is 6.08 Å². The average Bonchev–Trinajstić information content (AvgIpc) is 3.01. The summed E-state index contributed by atoms with van der Waals surface area (Å²) >= 11 is 0. The van der Waals surface area contributed by atoms with E-state index in [0.717, 1.165) is 28.2 Å². The van der Waals surface area contributed by atoms with Gasteiger partial charge >= 0.3 is 0 Å². The van der Waals surface area contributed by atoms with Gasteiger partial charge in [-0.05, 0) is 44.5 Å². The van der Waals surface area contributed by atoms with Gasteiger partial charge in [0.2, 0.25) is 0 Å². The highest BCUT2D eigenvalue weighted by molar-refractivity contribution is 6.02. The number of aryl methyl sites for hydroxylation is 1. The van der Waals surface area contributed by atoms with E-state index in [0.29, 0.717) is 0 Å². The molecule has 0 aliphatic carbocycles. The monoisotopic (exact) mass is 370 g/mol. The van der Waals surface area contributed by atoms with Crippen LogP contribution in [0.25, 0.3) is 11.8 Å². The van der Waals surface area contributed by atoms with Crippen molar-refractivity contribution in [1.82, 2.24) is 15.1 Å². The Bertz CT molecular complexity index is 1040. The molecule has 0 radical (unpaired) electrons. The summed E-state index contributed by atoms with van der Waals surface area (Å²) in [6, 6.07) is 21.2. The number of nitriles is 1. The number of benzene rings is 2. The van der Waals surface area contributed by atoms with Crippen molar-refractivity contribution in [2.24, 2.45) is 0 Å². The number of nitrogens with one attached hydrogen (secondary N) is 1. The molecule has 0 saturated heterocycles. The molecule has 3 rings (SSSR count). The predicted molar refractivity (Wildman–Crippen MR) is 110 cm³/mol. The Morgan fingerprint density at radius 3 is 2.32 bits per heavy atom. The lowest BCUT2D eigenvalue weighted by atomic mass is 10.1. The number of hydrogen-bond donors (Lipinski definition) is 1. The van der Waals surface area contributed by atoms with E-state index in [1.165, 1.54) is 0 Å². The second kappa shape index (κ2) is 8.36. The molecule has 140 valence electrons. The molecular weight excluding hydrogens is 348 g/mol. The smallest absolute Gasteiger partial charge is 0.262 e. The number of nitrogens with zero attached hydrogens (tertiary/aromatic N) is 3. The van der Waals surface area contributed by atoms with E-state index in [-0.39, 0.29) is 11.6 Å². The summed E-state index contributed by atoms with van der Waals surface area (Å²) in [6.07, 6.45) is 1.62. The van der Waals surface area contributed by atoms with E-state index in [9.17, 15) is 10.1 Å². The minimum atomic E-state index is -0.398. The van der Waals surface area contributed by atoms with Gasteiger partial charge in [0.15, 0.2) is 0 Å². The fraction of sp³-hybridized carbons (Fsp3) is 0.174. The van der Waals surface area contributed by atoms with E-state index < -0.39 is 5.91 Å². The van der Waals surface area contributed by atoms with Crippen LogP contribution in [0.1, 0.15) is 35.5 Å². The van der Waals surface area contributed by atoms with Crippen molar-refractivity contribution in [3.8, 4) is 11.8 Å². The second-order valence-corrected chi connectivity index (χ2v) is 6.61. The van der Waals surface area contributed by atoms with Crippen LogP contribution in [0, 0.1) is 25.2 Å². The minimum absolute atomic E-state index is 0.0570. The third kappa shape index (κ3) is 4.02. The average molecular weight is 370 g/mol. The zero-order chi connectivity index (χ0) is 20.1. The zero-order valence-electron chi connectivity index (χ0n) is 16.2. The molecule has 5 heteroatoms. The van der Waals surface area contributed by atoms with Crippen LogP contribution in [0.15, 0.2) is 66.2 Å². The molecule has 1 N–H and O–H groups in total. The van der Waals surface area contributed by atoms with Gasteiger partial charge in [-0.3, -0.25) is 4.79 Å². The summed E-state index contributed by atoms with van der Waals surface area (Å²) in [7, 11) is 0. The minimum Gasteiger partial charge on any atom is -0.345 e. The summed E-state index contributed by atoms with van der Waals surface area (Å²) in [5.41, 5.74) is 4.39. The second-order valence-electron chi connectivity index (χ2n) is 6.61. The molecule has 0 saturated carbocycles. The summed E-state index contributed by atoms with van der Waals surface area (Å²) in [5, 5.41) is 17.0. The molecule has 1 heterocycles. The first-order valence-electron chi connectivity index (χ1n) is 9.10. The molecule has 1 amide bonds. The van der Waals surface area contributed by atoms with Crippen LogP contribution < -0.4 is 5.32 Å². The molecule has 1 atom stereocenters. The first kappa shape index (κ1) is 19.1. The van der Waals surface area contributed by atoms with E-state index in [1.807, 2.05) is 92.2 Å². The van der Waals surface area contributed by atoms with Gasteiger partial charge in [0.25, 0.3) is 5.91 Å². The molecular formula is C23H22N4O. The highest BCUT2D eigenvalue weighted by Gasteiger charge is 2.17. The molecule has 1 aromatic heterocycles. The Morgan fingerprint density at radius 2 is 1.71 bits per heavy atom. The number of para-hydroxylation sites is 1. The highest BCUT2D eigenvalue weighted by Crippen LogP contribution is 2.21. The maximum absolute atomic E-state index is 12.6. The van der Waals surface area contributed by atoms with Gasteiger partial charge in [-0.2, -0.15) is 10.4 Å². The Hall–Kier alpha value is -3.65. The van der Waals surface area contributed by atoms with Crippen LogP contribution in [-0.2, 0) is 4.79 Å².